The van der Waals surface area contributed by atoms with Crippen molar-refractivity contribution in [3.05, 3.63) is 0 Å². The summed E-state index contributed by atoms with van der Waals surface area (Å²) in [4.78, 5) is 11.5. The summed E-state index contributed by atoms with van der Waals surface area (Å²) in [6.45, 7) is 6.05. The number of carbonyl (C=O) groups is 1. The van der Waals surface area contributed by atoms with Crippen LogP contribution in [0, 0.1) is 0 Å². The molecule has 2 N–H and O–H groups in total. The molecule has 2 unspecified atom stereocenters. The van der Waals surface area contributed by atoms with Crippen LogP contribution in [0.2, 0.25) is 0 Å². The van der Waals surface area contributed by atoms with Crippen LogP contribution >= 0.6 is 12.4 Å². The van der Waals surface area contributed by atoms with Crippen LogP contribution in [-0.4, -0.2) is 37.7 Å². The van der Waals surface area contributed by atoms with E-state index in [4.69, 9.17) is 4.74 Å². The molecule has 0 saturated carbocycles. The maximum atomic E-state index is 11.5. The number of rotatable bonds is 5. The Labute approximate surface area is 104 Å². The summed E-state index contributed by atoms with van der Waals surface area (Å²) in [6, 6.07) is 0.630. The largest absolute Gasteiger partial charge is 0.372 e. The van der Waals surface area contributed by atoms with Crippen molar-refractivity contribution in [1.29, 1.82) is 0 Å². The van der Waals surface area contributed by atoms with Crippen molar-refractivity contribution in [2.75, 3.05) is 19.8 Å². The molecule has 0 radical (unpaired) electrons. The molecule has 1 aliphatic rings. The molecule has 0 aromatic carbocycles. The molecule has 1 heterocycles. The lowest BCUT2D eigenvalue weighted by Crippen LogP contribution is -2.52. The van der Waals surface area contributed by atoms with E-state index in [0.29, 0.717) is 12.6 Å². The van der Waals surface area contributed by atoms with Crippen molar-refractivity contribution in [3.63, 3.8) is 0 Å². The van der Waals surface area contributed by atoms with Crippen LogP contribution in [0.1, 0.15) is 33.1 Å². The van der Waals surface area contributed by atoms with Crippen molar-refractivity contribution in [3.8, 4) is 0 Å². The quantitative estimate of drug-likeness (QED) is 0.719. The molecule has 0 spiro atoms. The van der Waals surface area contributed by atoms with Gasteiger partial charge in [0.05, 0.1) is 0 Å². The van der Waals surface area contributed by atoms with Crippen LogP contribution in [0.25, 0.3) is 0 Å². The first-order valence-electron chi connectivity index (χ1n) is 5.84. The molecule has 2 atom stereocenters. The van der Waals surface area contributed by atoms with Crippen LogP contribution in [0.15, 0.2) is 0 Å². The molecule has 1 aliphatic heterocycles. The standard InChI is InChI=1S/C11H22N2O2.ClH/c1-3-7-15-8-11(14)13-10-5-4-6-12-9(10)2;/h9-10,12H,3-8H2,1-2H3,(H,13,14);1H. The van der Waals surface area contributed by atoms with E-state index in [0.717, 1.165) is 25.8 Å². The zero-order chi connectivity index (χ0) is 11.1. The molecule has 16 heavy (non-hydrogen) atoms. The summed E-state index contributed by atoms with van der Waals surface area (Å²) in [5.41, 5.74) is 0. The maximum Gasteiger partial charge on any atom is 0.246 e. The van der Waals surface area contributed by atoms with Crippen molar-refractivity contribution in [2.24, 2.45) is 0 Å². The third kappa shape index (κ3) is 5.68. The number of amides is 1. The van der Waals surface area contributed by atoms with E-state index in [1.807, 2.05) is 6.92 Å². The molecule has 1 fully saturated rings. The average Bonchev–Trinajstić information content (AvgIpc) is 2.22. The van der Waals surface area contributed by atoms with Gasteiger partial charge < -0.3 is 15.4 Å². The van der Waals surface area contributed by atoms with Gasteiger partial charge in [0.25, 0.3) is 0 Å². The third-order valence-corrected chi connectivity index (χ3v) is 2.69. The Balaban J connectivity index is 0.00000225. The monoisotopic (exact) mass is 250 g/mol. The highest BCUT2D eigenvalue weighted by atomic mass is 35.5. The van der Waals surface area contributed by atoms with E-state index in [-0.39, 0.29) is 31.0 Å². The molecule has 1 amide bonds. The minimum absolute atomic E-state index is 0. The Morgan fingerprint density at radius 2 is 2.31 bits per heavy atom. The van der Waals surface area contributed by atoms with Gasteiger partial charge in [-0.05, 0) is 32.7 Å². The van der Waals surface area contributed by atoms with Gasteiger partial charge in [-0.15, -0.1) is 12.4 Å². The summed E-state index contributed by atoms with van der Waals surface area (Å²) in [5, 5.41) is 6.35. The Morgan fingerprint density at radius 3 is 2.94 bits per heavy atom. The van der Waals surface area contributed by atoms with Crippen molar-refractivity contribution in [2.45, 2.75) is 45.2 Å². The zero-order valence-electron chi connectivity index (χ0n) is 10.1. The minimum atomic E-state index is 0. The summed E-state index contributed by atoms with van der Waals surface area (Å²) in [5.74, 6) is 0.00370. The molecular weight excluding hydrogens is 228 g/mol. The second-order valence-electron chi connectivity index (χ2n) is 4.11. The van der Waals surface area contributed by atoms with Crippen molar-refractivity contribution in [1.82, 2.24) is 10.6 Å². The number of hydrogen-bond donors (Lipinski definition) is 2. The fraction of sp³-hybridized carbons (Fsp3) is 0.909. The summed E-state index contributed by atoms with van der Waals surface area (Å²) in [7, 11) is 0. The second-order valence-corrected chi connectivity index (χ2v) is 4.11. The van der Waals surface area contributed by atoms with E-state index >= 15 is 0 Å². The number of halogens is 1. The Kier molecular flexibility index (Phi) is 8.61. The number of carbonyl (C=O) groups excluding carboxylic acids is 1. The van der Waals surface area contributed by atoms with Crippen LogP contribution < -0.4 is 10.6 Å². The zero-order valence-corrected chi connectivity index (χ0v) is 10.9. The first kappa shape index (κ1) is 15.7. The van der Waals surface area contributed by atoms with Gasteiger partial charge in [-0.3, -0.25) is 4.79 Å². The lowest BCUT2D eigenvalue weighted by molar-refractivity contribution is -0.126. The lowest BCUT2D eigenvalue weighted by Gasteiger charge is -2.30. The molecule has 1 rings (SSSR count). The Bertz CT molecular complexity index is 202. The molecule has 4 nitrogen and oxygen atoms in total. The van der Waals surface area contributed by atoms with Crippen LogP contribution in [0.5, 0.6) is 0 Å². The molecule has 0 aliphatic carbocycles. The first-order valence-corrected chi connectivity index (χ1v) is 5.84. The number of nitrogens with one attached hydrogen (secondary N) is 2. The van der Waals surface area contributed by atoms with Crippen LogP contribution in [0.3, 0.4) is 0 Å². The Hall–Kier alpha value is -0.320. The Morgan fingerprint density at radius 1 is 1.56 bits per heavy atom. The SMILES string of the molecule is CCCOCC(=O)NC1CCCNC1C.Cl. The maximum absolute atomic E-state index is 11.5. The van der Waals surface area contributed by atoms with Crippen LogP contribution in [-0.2, 0) is 9.53 Å². The van der Waals surface area contributed by atoms with Gasteiger partial charge in [-0.2, -0.15) is 0 Å². The van der Waals surface area contributed by atoms with Gasteiger partial charge in [0.1, 0.15) is 6.61 Å². The number of piperidine rings is 1. The van der Waals surface area contributed by atoms with Gasteiger partial charge in [0.2, 0.25) is 5.91 Å². The predicted molar refractivity (Wildman–Crippen MR) is 67.0 cm³/mol. The summed E-state index contributed by atoms with van der Waals surface area (Å²) in [6.07, 6.45) is 3.15. The molecule has 0 aromatic heterocycles. The van der Waals surface area contributed by atoms with Crippen molar-refractivity contribution >= 4 is 18.3 Å². The average molecular weight is 251 g/mol. The highest BCUT2D eigenvalue weighted by Gasteiger charge is 2.21. The van der Waals surface area contributed by atoms with E-state index in [1.165, 1.54) is 0 Å². The number of ether oxygens (including phenoxy) is 1. The van der Waals surface area contributed by atoms with Gasteiger partial charge in [-0.1, -0.05) is 6.92 Å². The second kappa shape index (κ2) is 8.79. The molecule has 96 valence electrons. The topological polar surface area (TPSA) is 50.4 Å². The molecule has 0 aromatic rings. The van der Waals surface area contributed by atoms with Gasteiger partial charge in [0.15, 0.2) is 0 Å². The molecule has 5 heteroatoms. The first-order chi connectivity index (χ1) is 7.24. The van der Waals surface area contributed by atoms with E-state index in [9.17, 15) is 4.79 Å². The third-order valence-electron chi connectivity index (χ3n) is 2.69. The highest BCUT2D eigenvalue weighted by Crippen LogP contribution is 2.07. The van der Waals surface area contributed by atoms with Crippen LogP contribution in [0.4, 0.5) is 0 Å². The van der Waals surface area contributed by atoms with Gasteiger partial charge in [0, 0.05) is 18.7 Å². The lowest BCUT2D eigenvalue weighted by atomic mass is 10.00. The summed E-state index contributed by atoms with van der Waals surface area (Å²) < 4.78 is 5.19. The van der Waals surface area contributed by atoms with E-state index < -0.39 is 0 Å². The fourth-order valence-corrected chi connectivity index (χ4v) is 1.80. The highest BCUT2D eigenvalue weighted by molar-refractivity contribution is 5.85. The predicted octanol–water partition coefficient (Wildman–Crippen LogP) is 1.09. The number of hydrogen-bond acceptors (Lipinski definition) is 3. The molecular formula is C11H23ClN2O2. The molecule has 0 bridgehead atoms. The summed E-state index contributed by atoms with van der Waals surface area (Å²) >= 11 is 0. The minimum Gasteiger partial charge on any atom is -0.372 e. The van der Waals surface area contributed by atoms with Gasteiger partial charge >= 0.3 is 0 Å². The van der Waals surface area contributed by atoms with E-state index in [2.05, 4.69) is 17.6 Å². The fourth-order valence-electron chi connectivity index (χ4n) is 1.80. The van der Waals surface area contributed by atoms with Gasteiger partial charge in [-0.25, -0.2) is 0 Å². The van der Waals surface area contributed by atoms with E-state index in [1.54, 1.807) is 0 Å². The van der Waals surface area contributed by atoms with Crippen molar-refractivity contribution < 1.29 is 9.53 Å². The normalized spacial score (nSPS) is 24.6. The smallest absolute Gasteiger partial charge is 0.246 e. The molecule has 1 saturated heterocycles.